The molecule has 100 valence electrons. The maximum Gasteiger partial charge on any atom is 0.328 e. The van der Waals surface area contributed by atoms with Crippen LogP contribution in [0.3, 0.4) is 0 Å². The topological polar surface area (TPSA) is 65.5 Å². The van der Waals surface area contributed by atoms with E-state index >= 15 is 0 Å². The lowest BCUT2D eigenvalue weighted by molar-refractivity contribution is -0.144. The molecule has 0 saturated carbocycles. The number of nitrogens with one attached hydrogen (secondary N) is 1. The fourth-order valence-corrected chi connectivity index (χ4v) is 1.52. The average Bonchev–Trinajstić information content (AvgIpc) is 2.28. The van der Waals surface area contributed by atoms with Gasteiger partial charge < -0.3 is 10.0 Å². The van der Waals surface area contributed by atoms with E-state index in [1.807, 2.05) is 19.0 Å². The summed E-state index contributed by atoms with van der Waals surface area (Å²) in [4.78, 5) is 17.0. The molecule has 1 aromatic heterocycles. The van der Waals surface area contributed by atoms with E-state index < -0.39 is 17.3 Å². The Morgan fingerprint density at radius 2 is 2.22 bits per heavy atom. The number of hydrogen-bond acceptors (Lipinski definition) is 4. The van der Waals surface area contributed by atoms with Crippen molar-refractivity contribution in [2.45, 2.75) is 12.5 Å². The molecule has 0 aliphatic rings. The van der Waals surface area contributed by atoms with Crippen molar-refractivity contribution in [3.8, 4) is 0 Å². The second-order valence-corrected chi connectivity index (χ2v) is 4.55. The standard InChI is InChI=1S/C12H18FN3O2/c1-12(11(17)18,15-4-5-16(2)3)9-6-10(13)8-14-7-9/h6-8,15H,4-5H2,1-3H3,(H,17,18). The molecular formula is C12H18FN3O2. The zero-order chi connectivity index (χ0) is 13.8. The normalized spacial score (nSPS) is 14.5. The van der Waals surface area contributed by atoms with Gasteiger partial charge in [-0.2, -0.15) is 0 Å². The van der Waals surface area contributed by atoms with E-state index in [0.29, 0.717) is 18.7 Å². The number of carbonyl (C=O) groups is 1. The monoisotopic (exact) mass is 255 g/mol. The highest BCUT2D eigenvalue weighted by atomic mass is 19.1. The van der Waals surface area contributed by atoms with Crippen LogP contribution in [0.5, 0.6) is 0 Å². The summed E-state index contributed by atoms with van der Waals surface area (Å²) in [6.45, 7) is 2.67. The van der Waals surface area contributed by atoms with Gasteiger partial charge in [0.1, 0.15) is 11.4 Å². The summed E-state index contributed by atoms with van der Waals surface area (Å²) in [6.07, 6.45) is 2.41. The van der Waals surface area contributed by atoms with Crippen molar-refractivity contribution in [1.29, 1.82) is 0 Å². The van der Waals surface area contributed by atoms with Gasteiger partial charge in [-0.1, -0.05) is 0 Å². The lowest BCUT2D eigenvalue weighted by atomic mass is 9.93. The Morgan fingerprint density at radius 3 is 2.72 bits per heavy atom. The predicted molar refractivity (Wildman–Crippen MR) is 65.7 cm³/mol. The van der Waals surface area contributed by atoms with Crippen LogP contribution in [0.15, 0.2) is 18.5 Å². The van der Waals surface area contributed by atoms with E-state index in [2.05, 4.69) is 10.3 Å². The largest absolute Gasteiger partial charge is 0.480 e. The summed E-state index contributed by atoms with van der Waals surface area (Å²) in [5.41, 5.74) is -1.04. The zero-order valence-electron chi connectivity index (χ0n) is 10.8. The molecule has 6 heteroatoms. The van der Waals surface area contributed by atoms with E-state index in [-0.39, 0.29) is 0 Å². The van der Waals surface area contributed by atoms with Crippen LogP contribution in [0, 0.1) is 5.82 Å². The third-order valence-corrected chi connectivity index (χ3v) is 2.75. The van der Waals surface area contributed by atoms with Crippen LogP contribution in [0.1, 0.15) is 12.5 Å². The predicted octanol–water partition coefficient (Wildman–Crippen LogP) is 0.672. The molecule has 18 heavy (non-hydrogen) atoms. The van der Waals surface area contributed by atoms with Gasteiger partial charge in [0, 0.05) is 24.8 Å². The molecular weight excluding hydrogens is 237 g/mol. The molecule has 0 spiro atoms. The van der Waals surface area contributed by atoms with Crippen molar-refractivity contribution in [3.05, 3.63) is 29.8 Å². The Bertz CT molecular complexity index is 426. The van der Waals surface area contributed by atoms with Crippen molar-refractivity contribution in [3.63, 3.8) is 0 Å². The Kier molecular flexibility index (Phi) is 4.75. The van der Waals surface area contributed by atoms with Crippen molar-refractivity contribution >= 4 is 5.97 Å². The molecule has 2 N–H and O–H groups in total. The highest BCUT2D eigenvalue weighted by molar-refractivity contribution is 5.80. The smallest absolute Gasteiger partial charge is 0.328 e. The molecule has 0 aliphatic carbocycles. The summed E-state index contributed by atoms with van der Waals surface area (Å²) >= 11 is 0. The van der Waals surface area contributed by atoms with Gasteiger partial charge in [0.2, 0.25) is 0 Å². The summed E-state index contributed by atoms with van der Waals surface area (Å²) in [5.74, 6) is -1.61. The maximum atomic E-state index is 13.1. The third-order valence-electron chi connectivity index (χ3n) is 2.75. The van der Waals surface area contributed by atoms with Crippen LogP contribution in [-0.4, -0.2) is 48.1 Å². The molecule has 1 aromatic rings. The molecule has 0 aromatic carbocycles. The van der Waals surface area contributed by atoms with Crippen LogP contribution >= 0.6 is 0 Å². The summed E-state index contributed by atoms with van der Waals surface area (Å²) in [6, 6.07) is 1.18. The number of likely N-dealkylation sites (N-methyl/N-ethyl adjacent to an activating group) is 1. The second kappa shape index (κ2) is 5.88. The molecule has 0 aliphatic heterocycles. The van der Waals surface area contributed by atoms with Gasteiger partial charge in [0.15, 0.2) is 0 Å². The minimum atomic E-state index is -1.34. The number of aromatic nitrogens is 1. The van der Waals surface area contributed by atoms with Crippen molar-refractivity contribution in [1.82, 2.24) is 15.2 Å². The first-order valence-corrected chi connectivity index (χ1v) is 5.60. The number of carboxylic acid groups (broad SMARTS) is 1. The third kappa shape index (κ3) is 3.48. The summed E-state index contributed by atoms with van der Waals surface area (Å²) in [5, 5.41) is 12.2. The molecule has 0 radical (unpaired) electrons. The van der Waals surface area contributed by atoms with E-state index in [4.69, 9.17) is 0 Å². The minimum absolute atomic E-state index is 0.300. The molecule has 0 fully saturated rings. The minimum Gasteiger partial charge on any atom is -0.480 e. The number of hydrogen-bond donors (Lipinski definition) is 2. The quantitative estimate of drug-likeness (QED) is 0.782. The zero-order valence-corrected chi connectivity index (χ0v) is 10.8. The maximum absolute atomic E-state index is 13.1. The Labute approximate surface area is 106 Å². The van der Waals surface area contributed by atoms with Gasteiger partial charge in [-0.05, 0) is 27.1 Å². The van der Waals surface area contributed by atoms with Gasteiger partial charge in [-0.3, -0.25) is 10.3 Å². The average molecular weight is 255 g/mol. The van der Waals surface area contributed by atoms with E-state index in [1.54, 1.807) is 0 Å². The highest BCUT2D eigenvalue weighted by Crippen LogP contribution is 2.20. The van der Waals surface area contributed by atoms with Crippen molar-refractivity contribution in [2.75, 3.05) is 27.2 Å². The number of pyridine rings is 1. The fraction of sp³-hybridized carbons (Fsp3) is 0.500. The van der Waals surface area contributed by atoms with Gasteiger partial charge >= 0.3 is 5.97 Å². The molecule has 1 heterocycles. The number of rotatable bonds is 6. The Hall–Kier alpha value is -1.53. The summed E-state index contributed by atoms with van der Waals surface area (Å²) < 4.78 is 13.1. The first-order chi connectivity index (χ1) is 8.36. The van der Waals surface area contributed by atoms with Crippen LogP contribution in [-0.2, 0) is 10.3 Å². The van der Waals surface area contributed by atoms with Gasteiger partial charge in [-0.15, -0.1) is 0 Å². The molecule has 5 nitrogen and oxygen atoms in total. The molecule has 1 atom stereocenters. The van der Waals surface area contributed by atoms with Crippen LogP contribution < -0.4 is 5.32 Å². The van der Waals surface area contributed by atoms with Gasteiger partial charge in [0.25, 0.3) is 0 Å². The molecule has 1 unspecified atom stereocenters. The van der Waals surface area contributed by atoms with E-state index in [9.17, 15) is 14.3 Å². The second-order valence-electron chi connectivity index (χ2n) is 4.55. The fourth-order valence-electron chi connectivity index (χ4n) is 1.52. The lowest BCUT2D eigenvalue weighted by Gasteiger charge is -2.27. The van der Waals surface area contributed by atoms with Crippen LogP contribution in [0.25, 0.3) is 0 Å². The Balaban J connectivity index is 2.90. The van der Waals surface area contributed by atoms with Crippen molar-refractivity contribution < 1.29 is 14.3 Å². The number of aliphatic carboxylic acids is 1. The molecule has 1 rings (SSSR count). The van der Waals surface area contributed by atoms with Gasteiger partial charge in [-0.25, -0.2) is 9.18 Å². The summed E-state index contributed by atoms with van der Waals surface area (Å²) in [7, 11) is 3.78. The number of carboxylic acids is 1. The van der Waals surface area contributed by atoms with E-state index in [1.165, 1.54) is 19.2 Å². The van der Waals surface area contributed by atoms with Crippen molar-refractivity contribution in [2.24, 2.45) is 0 Å². The highest BCUT2D eigenvalue weighted by Gasteiger charge is 2.35. The number of nitrogens with zero attached hydrogens (tertiary/aromatic N) is 2. The molecule has 0 amide bonds. The Morgan fingerprint density at radius 1 is 1.56 bits per heavy atom. The first-order valence-electron chi connectivity index (χ1n) is 5.60. The van der Waals surface area contributed by atoms with E-state index in [0.717, 1.165) is 6.20 Å². The SMILES string of the molecule is CN(C)CCNC(C)(C(=O)O)c1cncc(F)c1. The lowest BCUT2D eigenvalue weighted by Crippen LogP contribution is -2.48. The first kappa shape index (κ1) is 14.5. The van der Waals surface area contributed by atoms with Crippen LogP contribution in [0.2, 0.25) is 0 Å². The molecule has 0 saturated heterocycles. The molecule has 0 bridgehead atoms. The van der Waals surface area contributed by atoms with Crippen LogP contribution in [0.4, 0.5) is 4.39 Å². The number of halogens is 1. The van der Waals surface area contributed by atoms with Gasteiger partial charge in [0.05, 0.1) is 6.20 Å².